The lowest BCUT2D eigenvalue weighted by molar-refractivity contribution is -0.155. The summed E-state index contributed by atoms with van der Waals surface area (Å²) < 4.78 is 39.0. The molecule has 1 rings (SSSR count). The molecule has 0 fully saturated rings. The number of hydrogen-bond acceptors (Lipinski definition) is 6. The smallest absolute Gasteiger partial charge is 0.387 e. The van der Waals surface area contributed by atoms with Crippen LogP contribution in [0.4, 0.5) is 8.78 Å². The molecule has 24 heavy (non-hydrogen) atoms. The van der Waals surface area contributed by atoms with Crippen molar-refractivity contribution in [3.63, 3.8) is 0 Å². The number of rotatable bonds is 8. The summed E-state index contributed by atoms with van der Waals surface area (Å²) in [4.78, 5) is 22.9. The molecular formula is C14H17F2NO7. The maximum atomic E-state index is 12.4. The molecule has 0 aliphatic rings. The van der Waals surface area contributed by atoms with Gasteiger partial charge in [-0.3, -0.25) is 4.79 Å². The van der Waals surface area contributed by atoms with Crippen LogP contribution in [0.25, 0.3) is 0 Å². The Labute approximate surface area is 135 Å². The van der Waals surface area contributed by atoms with E-state index < -0.39 is 30.6 Å². The molecule has 0 spiro atoms. The standard InChI is InChI=1S/C14H17F2NO7/c1-14(21,12(19)20)6-17-11(18)7-4-8(22-2)10(24-13(15)16)9(5-7)23-3/h4-5,13,21H,6H2,1-3H3,(H,17,18)(H,19,20). The van der Waals surface area contributed by atoms with Gasteiger partial charge in [0.1, 0.15) is 0 Å². The van der Waals surface area contributed by atoms with Crippen LogP contribution in [0.5, 0.6) is 17.2 Å². The molecule has 0 aromatic heterocycles. The molecule has 134 valence electrons. The van der Waals surface area contributed by atoms with Gasteiger partial charge in [-0.15, -0.1) is 0 Å². The van der Waals surface area contributed by atoms with E-state index in [0.717, 1.165) is 19.1 Å². The molecule has 0 radical (unpaired) electrons. The number of carbonyl (C=O) groups excluding carboxylic acids is 1. The number of aliphatic carboxylic acids is 1. The van der Waals surface area contributed by atoms with E-state index in [9.17, 15) is 23.5 Å². The molecule has 0 aliphatic heterocycles. The Bertz CT molecular complexity index is 594. The molecule has 0 aliphatic carbocycles. The highest BCUT2D eigenvalue weighted by molar-refractivity contribution is 5.96. The molecule has 0 saturated carbocycles. The lowest BCUT2D eigenvalue weighted by Crippen LogP contribution is -2.46. The first-order valence-corrected chi connectivity index (χ1v) is 6.57. The Morgan fingerprint density at radius 3 is 2.12 bits per heavy atom. The van der Waals surface area contributed by atoms with E-state index in [2.05, 4.69) is 10.1 Å². The normalized spacial score (nSPS) is 13.1. The van der Waals surface area contributed by atoms with E-state index in [1.165, 1.54) is 14.2 Å². The highest BCUT2D eigenvalue weighted by Gasteiger charge is 2.30. The Morgan fingerprint density at radius 2 is 1.75 bits per heavy atom. The summed E-state index contributed by atoms with van der Waals surface area (Å²) in [5, 5.41) is 20.6. The van der Waals surface area contributed by atoms with Gasteiger partial charge >= 0.3 is 12.6 Å². The van der Waals surface area contributed by atoms with Crippen molar-refractivity contribution in [2.75, 3.05) is 20.8 Å². The van der Waals surface area contributed by atoms with E-state index in [-0.39, 0.29) is 22.8 Å². The van der Waals surface area contributed by atoms with Gasteiger partial charge in [0.25, 0.3) is 5.91 Å². The molecule has 1 aromatic rings. The minimum absolute atomic E-state index is 0.0634. The molecule has 1 amide bonds. The number of alkyl halides is 2. The second-order valence-electron chi connectivity index (χ2n) is 4.85. The van der Waals surface area contributed by atoms with Crippen molar-refractivity contribution in [3.8, 4) is 17.2 Å². The number of hydrogen-bond donors (Lipinski definition) is 3. The number of nitrogens with one attached hydrogen (secondary N) is 1. The molecule has 0 heterocycles. The van der Waals surface area contributed by atoms with E-state index >= 15 is 0 Å². The number of carbonyl (C=O) groups is 2. The summed E-state index contributed by atoms with van der Waals surface area (Å²) in [5.41, 5.74) is -2.23. The van der Waals surface area contributed by atoms with Crippen molar-refractivity contribution in [1.29, 1.82) is 0 Å². The first kappa shape index (κ1) is 19.4. The number of carboxylic acid groups (broad SMARTS) is 1. The third-order valence-electron chi connectivity index (χ3n) is 2.98. The quantitative estimate of drug-likeness (QED) is 0.638. The Hall–Kier alpha value is -2.62. The number of methoxy groups -OCH3 is 2. The molecule has 10 heteroatoms. The molecule has 0 bridgehead atoms. The summed E-state index contributed by atoms with van der Waals surface area (Å²) in [6.45, 7) is -2.68. The van der Waals surface area contributed by atoms with Crippen LogP contribution < -0.4 is 19.5 Å². The van der Waals surface area contributed by atoms with Crippen molar-refractivity contribution in [2.45, 2.75) is 19.1 Å². The fraction of sp³-hybridized carbons (Fsp3) is 0.429. The second-order valence-corrected chi connectivity index (χ2v) is 4.85. The average Bonchev–Trinajstić information content (AvgIpc) is 2.51. The van der Waals surface area contributed by atoms with Crippen LogP contribution in [0.3, 0.4) is 0 Å². The highest BCUT2D eigenvalue weighted by Crippen LogP contribution is 2.39. The van der Waals surface area contributed by atoms with E-state index in [4.69, 9.17) is 14.6 Å². The Balaban J connectivity index is 3.07. The van der Waals surface area contributed by atoms with Gasteiger partial charge in [-0.2, -0.15) is 8.78 Å². The van der Waals surface area contributed by atoms with Crippen LogP contribution in [0.2, 0.25) is 0 Å². The zero-order valence-corrected chi connectivity index (χ0v) is 13.1. The van der Waals surface area contributed by atoms with E-state index in [1.807, 2.05) is 0 Å². The number of amides is 1. The molecule has 1 unspecified atom stereocenters. The van der Waals surface area contributed by atoms with Crippen molar-refractivity contribution in [2.24, 2.45) is 0 Å². The molecular weight excluding hydrogens is 332 g/mol. The summed E-state index contributed by atoms with van der Waals surface area (Å²) in [6.07, 6.45) is 0. The highest BCUT2D eigenvalue weighted by atomic mass is 19.3. The average molecular weight is 349 g/mol. The lowest BCUT2D eigenvalue weighted by atomic mass is 10.1. The van der Waals surface area contributed by atoms with Gasteiger partial charge in [-0.05, 0) is 19.1 Å². The summed E-state index contributed by atoms with van der Waals surface area (Å²) in [7, 11) is 2.37. The van der Waals surface area contributed by atoms with Gasteiger partial charge in [0, 0.05) is 5.56 Å². The monoisotopic (exact) mass is 349 g/mol. The number of aliphatic hydroxyl groups is 1. The first-order valence-electron chi connectivity index (χ1n) is 6.57. The van der Waals surface area contributed by atoms with Gasteiger partial charge in [0.2, 0.25) is 5.75 Å². The van der Waals surface area contributed by atoms with Crippen LogP contribution in [-0.4, -0.2) is 55.1 Å². The number of carboxylic acids is 1. The number of ether oxygens (including phenoxy) is 3. The van der Waals surface area contributed by atoms with Crippen LogP contribution in [-0.2, 0) is 4.79 Å². The van der Waals surface area contributed by atoms with Crippen molar-refractivity contribution < 1.29 is 42.8 Å². The summed E-state index contributed by atoms with van der Waals surface area (Å²) in [6, 6.07) is 2.23. The minimum Gasteiger partial charge on any atom is -0.493 e. The van der Waals surface area contributed by atoms with E-state index in [1.54, 1.807) is 0 Å². The third kappa shape index (κ3) is 4.69. The SMILES string of the molecule is COc1cc(C(=O)NCC(C)(O)C(=O)O)cc(OC)c1OC(F)F. The zero-order chi connectivity index (χ0) is 18.5. The van der Waals surface area contributed by atoms with Crippen molar-refractivity contribution in [1.82, 2.24) is 5.32 Å². The number of benzene rings is 1. The van der Waals surface area contributed by atoms with Crippen LogP contribution >= 0.6 is 0 Å². The van der Waals surface area contributed by atoms with Gasteiger partial charge < -0.3 is 29.7 Å². The minimum atomic E-state index is -3.13. The largest absolute Gasteiger partial charge is 0.493 e. The fourth-order valence-electron chi connectivity index (χ4n) is 1.65. The first-order chi connectivity index (χ1) is 11.1. The Morgan fingerprint density at radius 1 is 1.25 bits per heavy atom. The lowest BCUT2D eigenvalue weighted by Gasteiger charge is -2.19. The maximum Gasteiger partial charge on any atom is 0.387 e. The van der Waals surface area contributed by atoms with E-state index in [0.29, 0.717) is 0 Å². The number of halogens is 2. The van der Waals surface area contributed by atoms with Gasteiger partial charge in [-0.1, -0.05) is 0 Å². The molecule has 1 atom stereocenters. The second kappa shape index (κ2) is 7.77. The predicted molar refractivity (Wildman–Crippen MR) is 76.8 cm³/mol. The van der Waals surface area contributed by atoms with Crippen LogP contribution in [0.15, 0.2) is 12.1 Å². The molecule has 0 saturated heterocycles. The zero-order valence-electron chi connectivity index (χ0n) is 13.1. The third-order valence-corrected chi connectivity index (χ3v) is 2.98. The fourth-order valence-corrected chi connectivity index (χ4v) is 1.65. The molecule has 3 N–H and O–H groups in total. The predicted octanol–water partition coefficient (Wildman–Crippen LogP) is 0.871. The van der Waals surface area contributed by atoms with Crippen LogP contribution in [0, 0.1) is 0 Å². The summed E-state index contributed by atoms with van der Waals surface area (Å²) >= 11 is 0. The molecule has 1 aromatic carbocycles. The summed E-state index contributed by atoms with van der Waals surface area (Å²) in [5.74, 6) is -3.02. The molecule has 8 nitrogen and oxygen atoms in total. The van der Waals surface area contributed by atoms with Gasteiger partial charge in [0.15, 0.2) is 17.1 Å². The van der Waals surface area contributed by atoms with Gasteiger partial charge in [0.05, 0.1) is 20.8 Å². The van der Waals surface area contributed by atoms with Gasteiger partial charge in [-0.25, -0.2) is 4.79 Å². The van der Waals surface area contributed by atoms with Crippen LogP contribution in [0.1, 0.15) is 17.3 Å². The topological polar surface area (TPSA) is 114 Å². The Kier molecular flexibility index (Phi) is 6.29. The van der Waals surface area contributed by atoms with Crippen molar-refractivity contribution >= 4 is 11.9 Å². The van der Waals surface area contributed by atoms with Crippen molar-refractivity contribution in [3.05, 3.63) is 17.7 Å². The maximum absolute atomic E-state index is 12.4.